The van der Waals surface area contributed by atoms with Crippen LogP contribution >= 0.6 is 0 Å². The Balaban J connectivity index is 3.99. The summed E-state index contributed by atoms with van der Waals surface area (Å²) < 4.78 is 0. The van der Waals surface area contributed by atoms with Crippen LogP contribution in [0.15, 0.2) is 4.99 Å². The molecular formula is C11H24N4O. The van der Waals surface area contributed by atoms with Gasteiger partial charge >= 0.3 is 0 Å². The van der Waals surface area contributed by atoms with Gasteiger partial charge in [0, 0.05) is 18.6 Å². The van der Waals surface area contributed by atoms with Gasteiger partial charge in [-0.3, -0.25) is 9.79 Å². The normalized spacial score (nSPS) is 12.6. The second-order valence-corrected chi connectivity index (χ2v) is 5.02. The zero-order chi connectivity index (χ0) is 12.8. The highest BCUT2D eigenvalue weighted by molar-refractivity contribution is 5.86. The van der Waals surface area contributed by atoms with Crippen molar-refractivity contribution in [2.75, 3.05) is 13.6 Å². The van der Waals surface area contributed by atoms with Crippen LogP contribution in [0.4, 0.5) is 0 Å². The molecule has 0 saturated carbocycles. The van der Waals surface area contributed by atoms with Crippen molar-refractivity contribution < 1.29 is 4.79 Å². The molecule has 0 aromatic rings. The Kier molecular flexibility index (Phi) is 5.85. The number of nitrogens with zero attached hydrogens (tertiary/aromatic N) is 1. The van der Waals surface area contributed by atoms with Gasteiger partial charge in [-0.25, -0.2) is 0 Å². The number of hydrogen-bond donors (Lipinski definition) is 3. The third kappa shape index (κ3) is 8.08. The van der Waals surface area contributed by atoms with E-state index in [1.54, 1.807) is 7.05 Å². The standard InChI is InChI=1S/C11H24N4O/c1-8(2)14-10(12-6)13-7-9(16)15-11(3,4)5/h8H,7H2,1-6H3,(H,15,16)(H2,12,13,14). The molecular weight excluding hydrogens is 204 g/mol. The van der Waals surface area contributed by atoms with Crippen LogP contribution in [0.5, 0.6) is 0 Å². The summed E-state index contributed by atoms with van der Waals surface area (Å²) in [6.07, 6.45) is 0. The van der Waals surface area contributed by atoms with E-state index in [1.807, 2.05) is 34.6 Å². The van der Waals surface area contributed by atoms with Gasteiger partial charge < -0.3 is 16.0 Å². The summed E-state index contributed by atoms with van der Waals surface area (Å²) in [5.41, 5.74) is -0.201. The van der Waals surface area contributed by atoms with Crippen LogP contribution in [-0.2, 0) is 4.79 Å². The largest absolute Gasteiger partial charge is 0.354 e. The minimum Gasteiger partial charge on any atom is -0.354 e. The first-order valence-corrected chi connectivity index (χ1v) is 5.53. The fraction of sp³-hybridized carbons (Fsp3) is 0.818. The lowest BCUT2D eigenvalue weighted by Crippen LogP contribution is -2.49. The summed E-state index contributed by atoms with van der Waals surface area (Å²) in [6.45, 7) is 10.1. The van der Waals surface area contributed by atoms with Gasteiger partial charge in [0.15, 0.2) is 5.96 Å². The molecule has 0 saturated heterocycles. The number of carbonyl (C=O) groups is 1. The monoisotopic (exact) mass is 228 g/mol. The van der Waals surface area contributed by atoms with Gasteiger partial charge in [0.05, 0.1) is 6.54 Å². The van der Waals surface area contributed by atoms with Crippen molar-refractivity contribution in [3.8, 4) is 0 Å². The van der Waals surface area contributed by atoms with Crippen LogP contribution in [0.25, 0.3) is 0 Å². The molecule has 5 nitrogen and oxygen atoms in total. The summed E-state index contributed by atoms with van der Waals surface area (Å²) in [5, 5.41) is 8.92. The van der Waals surface area contributed by atoms with Gasteiger partial charge in [-0.2, -0.15) is 0 Å². The predicted molar refractivity (Wildman–Crippen MR) is 67.5 cm³/mol. The first-order valence-electron chi connectivity index (χ1n) is 5.53. The minimum atomic E-state index is -0.201. The van der Waals surface area contributed by atoms with Crippen LogP contribution in [0.1, 0.15) is 34.6 Å². The lowest BCUT2D eigenvalue weighted by molar-refractivity contribution is -0.121. The number of amides is 1. The van der Waals surface area contributed by atoms with Gasteiger partial charge in [-0.1, -0.05) is 0 Å². The zero-order valence-corrected chi connectivity index (χ0v) is 11.1. The van der Waals surface area contributed by atoms with Crippen molar-refractivity contribution >= 4 is 11.9 Å². The molecule has 0 aliphatic carbocycles. The van der Waals surface area contributed by atoms with Crippen LogP contribution in [0, 0.1) is 0 Å². The Morgan fingerprint density at radius 2 is 1.88 bits per heavy atom. The van der Waals surface area contributed by atoms with E-state index in [4.69, 9.17) is 0 Å². The van der Waals surface area contributed by atoms with Crippen molar-refractivity contribution in [3.05, 3.63) is 0 Å². The molecule has 0 bridgehead atoms. The molecule has 0 radical (unpaired) electrons. The van der Waals surface area contributed by atoms with E-state index in [0.717, 1.165) is 0 Å². The van der Waals surface area contributed by atoms with Crippen LogP contribution in [-0.4, -0.2) is 37.0 Å². The molecule has 3 N–H and O–H groups in total. The highest BCUT2D eigenvalue weighted by Gasteiger charge is 2.13. The maximum atomic E-state index is 11.5. The fourth-order valence-electron chi connectivity index (χ4n) is 1.09. The van der Waals surface area contributed by atoms with E-state index in [-0.39, 0.29) is 24.0 Å². The summed E-state index contributed by atoms with van der Waals surface area (Å²) >= 11 is 0. The smallest absolute Gasteiger partial charge is 0.239 e. The Bertz CT molecular complexity index is 253. The Morgan fingerprint density at radius 1 is 1.31 bits per heavy atom. The minimum absolute atomic E-state index is 0.0424. The Labute approximate surface area is 98.1 Å². The molecule has 0 atom stereocenters. The van der Waals surface area contributed by atoms with Crippen molar-refractivity contribution in [2.45, 2.75) is 46.2 Å². The SMILES string of the molecule is CN=C(NCC(=O)NC(C)(C)C)NC(C)C. The van der Waals surface area contributed by atoms with E-state index in [1.165, 1.54) is 0 Å². The van der Waals surface area contributed by atoms with E-state index < -0.39 is 0 Å². The van der Waals surface area contributed by atoms with Crippen molar-refractivity contribution in [2.24, 2.45) is 4.99 Å². The Morgan fingerprint density at radius 3 is 2.25 bits per heavy atom. The second kappa shape index (κ2) is 6.35. The molecule has 16 heavy (non-hydrogen) atoms. The fourth-order valence-corrected chi connectivity index (χ4v) is 1.09. The van der Waals surface area contributed by atoms with Crippen molar-refractivity contribution in [1.82, 2.24) is 16.0 Å². The van der Waals surface area contributed by atoms with Gasteiger partial charge in [0.2, 0.25) is 5.91 Å². The molecule has 0 fully saturated rings. The van der Waals surface area contributed by atoms with E-state index >= 15 is 0 Å². The van der Waals surface area contributed by atoms with Gasteiger partial charge in [0.1, 0.15) is 0 Å². The molecule has 0 heterocycles. The number of carbonyl (C=O) groups excluding carboxylic acids is 1. The lowest BCUT2D eigenvalue weighted by atomic mass is 10.1. The molecule has 0 aromatic heterocycles. The van der Waals surface area contributed by atoms with E-state index in [2.05, 4.69) is 20.9 Å². The topological polar surface area (TPSA) is 65.5 Å². The molecule has 0 unspecified atom stereocenters. The third-order valence-corrected chi connectivity index (χ3v) is 1.58. The molecule has 94 valence electrons. The first-order chi connectivity index (χ1) is 7.24. The molecule has 0 aromatic carbocycles. The number of rotatable bonds is 3. The zero-order valence-electron chi connectivity index (χ0n) is 11.1. The van der Waals surface area contributed by atoms with Crippen molar-refractivity contribution in [1.29, 1.82) is 0 Å². The predicted octanol–water partition coefficient (Wildman–Crippen LogP) is 0.475. The molecule has 0 spiro atoms. The maximum absolute atomic E-state index is 11.5. The summed E-state index contributed by atoms with van der Waals surface area (Å²) in [4.78, 5) is 15.5. The van der Waals surface area contributed by atoms with Crippen LogP contribution in [0.2, 0.25) is 0 Å². The average molecular weight is 228 g/mol. The number of nitrogens with one attached hydrogen (secondary N) is 3. The highest BCUT2D eigenvalue weighted by atomic mass is 16.2. The number of hydrogen-bond acceptors (Lipinski definition) is 2. The molecule has 0 rings (SSSR count). The first kappa shape index (κ1) is 14.7. The number of guanidine groups is 1. The van der Waals surface area contributed by atoms with Gasteiger partial charge in [-0.05, 0) is 34.6 Å². The number of aliphatic imine (C=N–C) groups is 1. The van der Waals surface area contributed by atoms with Gasteiger partial charge in [-0.15, -0.1) is 0 Å². The van der Waals surface area contributed by atoms with E-state index in [0.29, 0.717) is 5.96 Å². The summed E-state index contributed by atoms with van der Waals surface area (Å²) in [7, 11) is 1.68. The maximum Gasteiger partial charge on any atom is 0.239 e. The van der Waals surface area contributed by atoms with Crippen LogP contribution in [0.3, 0.4) is 0 Å². The lowest BCUT2D eigenvalue weighted by Gasteiger charge is -2.21. The summed E-state index contributed by atoms with van der Waals surface area (Å²) in [5.74, 6) is 0.596. The van der Waals surface area contributed by atoms with Crippen molar-refractivity contribution in [3.63, 3.8) is 0 Å². The molecule has 0 aliphatic rings. The summed E-state index contributed by atoms with van der Waals surface area (Å²) in [6, 6.07) is 0.289. The van der Waals surface area contributed by atoms with E-state index in [9.17, 15) is 4.79 Å². The quantitative estimate of drug-likeness (QED) is 0.486. The highest BCUT2D eigenvalue weighted by Crippen LogP contribution is 1.96. The van der Waals surface area contributed by atoms with Gasteiger partial charge in [0.25, 0.3) is 0 Å². The molecule has 5 heteroatoms. The second-order valence-electron chi connectivity index (χ2n) is 5.02. The Hall–Kier alpha value is -1.26. The molecule has 1 amide bonds. The average Bonchev–Trinajstić information content (AvgIpc) is 2.08. The molecule has 0 aliphatic heterocycles. The third-order valence-electron chi connectivity index (χ3n) is 1.58. The van der Waals surface area contributed by atoms with Crippen LogP contribution < -0.4 is 16.0 Å².